The maximum Gasteiger partial charge on any atom is 0.338 e. The van der Waals surface area contributed by atoms with E-state index in [9.17, 15) is 4.79 Å². The van der Waals surface area contributed by atoms with E-state index in [1.807, 2.05) is 0 Å². The maximum absolute atomic E-state index is 11.3. The largest absolute Gasteiger partial charge is 0.462 e. The Labute approximate surface area is 92.8 Å². The molecule has 0 aliphatic carbocycles. The van der Waals surface area contributed by atoms with E-state index in [0.29, 0.717) is 17.7 Å². The quantitative estimate of drug-likeness (QED) is 0.591. The lowest BCUT2D eigenvalue weighted by Crippen LogP contribution is -2.04. The van der Waals surface area contributed by atoms with Gasteiger partial charge < -0.3 is 4.74 Å². The van der Waals surface area contributed by atoms with Gasteiger partial charge in [-0.1, -0.05) is 12.1 Å². The lowest BCUT2D eigenvalue weighted by molar-refractivity contribution is 0.0526. The summed E-state index contributed by atoms with van der Waals surface area (Å²) < 4.78 is 4.84. The molecule has 0 N–H and O–H groups in total. The molecule has 0 heterocycles. The Bertz CT molecular complexity index is 324. The summed E-state index contributed by atoms with van der Waals surface area (Å²) in [6.07, 6.45) is 0. The van der Waals surface area contributed by atoms with Crippen LogP contribution in [0.2, 0.25) is 0 Å². The molecule has 0 unspecified atom stereocenters. The van der Waals surface area contributed by atoms with Crippen LogP contribution in [0.4, 0.5) is 0 Å². The van der Waals surface area contributed by atoms with Gasteiger partial charge in [-0.15, -0.1) is 23.2 Å². The third kappa shape index (κ3) is 2.89. The van der Waals surface area contributed by atoms with Crippen LogP contribution in [0.5, 0.6) is 0 Å². The summed E-state index contributed by atoms with van der Waals surface area (Å²) in [4.78, 5) is 10.7. The van der Waals surface area contributed by atoms with Crippen LogP contribution >= 0.6 is 23.2 Å². The van der Waals surface area contributed by atoms with Gasteiger partial charge in [-0.25, -0.2) is 4.79 Å². The topological polar surface area (TPSA) is 26.3 Å². The summed E-state index contributed by atoms with van der Waals surface area (Å²) in [6.45, 7) is 2.11. The van der Waals surface area contributed by atoms with Crippen molar-refractivity contribution in [3.05, 3.63) is 35.4 Å². The highest BCUT2D eigenvalue weighted by molar-refractivity contribution is 6.44. The van der Waals surface area contributed by atoms with Gasteiger partial charge in [0.25, 0.3) is 0 Å². The number of alkyl halides is 2. The van der Waals surface area contributed by atoms with Gasteiger partial charge >= 0.3 is 5.97 Å². The Morgan fingerprint density at radius 2 is 2.21 bits per heavy atom. The Hall–Kier alpha value is -0.730. The molecule has 0 fully saturated rings. The van der Waals surface area contributed by atoms with E-state index in [1.165, 1.54) is 0 Å². The van der Waals surface area contributed by atoms with Crippen molar-refractivity contribution in [3.63, 3.8) is 0 Å². The van der Waals surface area contributed by atoms with Crippen LogP contribution in [0.1, 0.15) is 27.7 Å². The molecule has 4 heteroatoms. The van der Waals surface area contributed by atoms with Crippen LogP contribution in [0.15, 0.2) is 24.3 Å². The summed E-state index contributed by atoms with van der Waals surface area (Å²) in [5.41, 5.74) is 1.16. The summed E-state index contributed by atoms with van der Waals surface area (Å²) in [6, 6.07) is 6.77. The Morgan fingerprint density at radius 3 is 2.79 bits per heavy atom. The standard InChI is InChI=1S/C10H10Cl2O2/c1-2-14-10(13)8-5-3-4-7(6-8)9(11)12/h3-6,9H,2H2,1H3. The summed E-state index contributed by atoms with van der Waals surface area (Å²) in [5.74, 6) is -0.358. The molecular formula is C10H10Cl2O2. The van der Waals surface area contributed by atoms with E-state index in [0.717, 1.165) is 0 Å². The van der Waals surface area contributed by atoms with E-state index in [1.54, 1.807) is 31.2 Å². The molecule has 1 aromatic rings. The second-order valence-corrected chi connectivity index (χ2v) is 3.74. The lowest BCUT2D eigenvalue weighted by atomic mass is 10.1. The van der Waals surface area contributed by atoms with Crippen molar-refractivity contribution in [2.45, 2.75) is 11.8 Å². The van der Waals surface area contributed by atoms with E-state index < -0.39 is 4.84 Å². The first-order chi connectivity index (χ1) is 6.65. The summed E-state index contributed by atoms with van der Waals surface area (Å²) in [7, 11) is 0. The number of esters is 1. The fraction of sp³-hybridized carbons (Fsp3) is 0.300. The minimum atomic E-state index is -0.621. The number of hydrogen-bond donors (Lipinski definition) is 0. The number of hydrogen-bond acceptors (Lipinski definition) is 2. The van der Waals surface area contributed by atoms with Gasteiger partial charge in [0.15, 0.2) is 0 Å². The zero-order chi connectivity index (χ0) is 10.6. The molecule has 0 amide bonds. The number of carbonyl (C=O) groups excluding carboxylic acids is 1. The zero-order valence-electron chi connectivity index (χ0n) is 7.67. The first-order valence-corrected chi connectivity index (χ1v) is 5.07. The molecule has 0 atom stereocenters. The predicted octanol–water partition coefficient (Wildman–Crippen LogP) is 3.34. The van der Waals surface area contributed by atoms with Crippen molar-refractivity contribution < 1.29 is 9.53 Å². The van der Waals surface area contributed by atoms with Gasteiger partial charge in [-0.2, -0.15) is 0 Å². The van der Waals surface area contributed by atoms with Gasteiger partial charge in [0, 0.05) is 0 Å². The second kappa shape index (κ2) is 5.23. The summed E-state index contributed by atoms with van der Waals surface area (Å²) >= 11 is 11.3. The van der Waals surface area contributed by atoms with Crippen LogP contribution in [-0.2, 0) is 4.74 Å². The van der Waals surface area contributed by atoms with Crippen LogP contribution in [0.3, 0.4) is 0 Å². The molecule has 0 saturated carbocycles. The minimum absolute atomic E-state index is 0.355. The highest BCUT2D eigenvalue weighted by Gasteiger charge is 2.09. The molecule has 76 valence electrons. The minimum Gasteiger partial charge on any atom is -0.462 e. The zero-order valence-corrected chi connectivity index (χ0v) is 9.18. The van der Waals surface area contributed by atoms with Gasteiger partial charge in [0.2, 0.25) is 0 Å². The number of halogens is 2. The average Bonchev–Trinajstić information content (AvgIpc) is 2.18. The smallest absolute Gasteiger partial charge is 0.338 e. The first kappa shape index (κ1) is 11.3. The second-order valence-electron chi connectivity index (χ2n) is 2.65. The number of ether oxygens (including phenoxy) is 1. The van der Waals surface area contributed by atoms with Gasteiger partial charge in [-0.05, 0) is 24.6 Å². The summed E-state index contributed by atoms with van der Waals surface area (Å²) in [5, 5.41) is 0. The molecule has 0 bridgehead atoms. The fourth-order valence-electron chi connectivity index (χ4n) is 1.02. The molecule has 0 aromatic heterocycles. The third-order valence-electron chi connectivity index (χ3n) is 1.65. The van der Waals surface area contributed by atoms with E-state index >= 15 is 0 Å². The number of benzene rings is 1. The van der Waals surface area contributed by atoms with Gasteiger partial charge in [-0.3, -0.25) is 0 Å². The highest BCUT2D eigenvalue weighted by Crippen LogP contribution is 2.25. The van der Waals surface area contributed by atoms with Crippen molar-refractivity contribution in [2.24, 2.45) is 0 Å². The average molecular weight is 233 g/mol. The van der Waals surface area contributed by atoms with E-state index in [-0.39, 0.29) is 5.97 Å². The predicted molar refractivity (Wildman–Crippen MR) is 56.8 cm³/mol. The molecule has 2 nitrogen and oxygen atoms in total. The van der Waals surface area contributed by atoms with Gasteiger partial charge in [0.1, 0.15) is 4.84 Å². The molecule has 0 saturated heterocycles. The lowest BCUT2D eigenvalue weighted by Gasteiger charge is -2.04. The van der Waals surface area contributed by atoms with Crippen molar-refractivity contribution in [2.75, 3.05) is 6.61 Å². The Morgan fingerprint density at radius 1 is 1.50 bits per heavy atom. The molecule has 14 heavy (non-hydrogen) atoms. The normalized spacial score (nSPS) is 10.3. The van der Waals surface area contributed by atoms with Crippen LogP contribution < -0.4 is 0 Å². The van der Waals surface area contributed by atoms with Crippen LogP contribution in [0.25, 0.3) is 0 Å². The van der Waals surface area contributed by atoms with Crippen molar-refractivity contribution in [1.82, 2.24) is 0 Å². The molecule has 1 aromatic carbocycles. The van der Waals surface area contributed by atoms with Crippen molar-refractivity contribution in [3.8, 4) is 0 Å². The Kier molecular flexibility index (Phi) is 4.23. The molecule has 0 spiro atoms. The van der Waals surface area contributed by atoms with E-state index in [4.69, 9.17) is 27.9 Å². The number of carbonyl (C=O) groups is 1. The number of rotatable bonds is 3. The molecule has 0 aliphatic rings. The maximum atomic E-state index is 11.3. The van der Waals surface area contributed by atoms with Crippen LogP contribution in [-0.4, -0.2) is 12.6 Å². The van der Waals surface area contributed by atoms with Gasteiger partial charge in [0.05, 0.1) is 12.2 Å². The fourth-order valence-corrected chi connectivity index (χ4v) is 1.29. The molecule has 1 rings (SSSR count). The van der Waals surface area contributed by atoms with Crippen molar-refractivity contribution in [1.29, 1.82) is 0 Å². The highest BCUT2D eigenvalue weighted by atomic mass is 35.5. The molecule has 0 aliphatic heterocycles. The van der Waals surface area contributed by atoms with Crippen LogP contribution in [0, 0.1) is 0 Å². The monoisotopic (exact) mass is 232 g/mol. The Balaban J connectivity index is 2.88. The molecule has 0 radical (unpaired) electrons. The van der Waals surface area contributed by atoms with Crippen molar-refractivity contribution >= 4 is 29.2 Å². The third-order valence-corrected chi connectivity index (χ3v) is 2.15. The SMILES string of the molecule is CCOC(=O)c1cccc(C(Cl)Cl)c1. The molecular weight excluding hydrogens is 223 g/mol. The first-order valence-electron chi connectivity index (χ1n) is 4.20. The van der Waals surface area contributed by atoms with E-state index in [2.05, 4.69) is 0 Å².